The van der Waals surface area contributed by atoms with E-state index in [-0.39, 0.29) is 19.0 Å². The van der Waals surface area contributed by atoms with Crippen LogP contribution in [0.25, 0.3) is 0 Å². The van der Waals surface area contributed by atoms with Crippen LogP contribution in [0.15, 0.2) is 30.3 Å². The maximum atomic E-state index is 12.9. The van der Waals surface area contributed by atoms with Crippen molar-refractivity contribution in [1.82, 2.24) is 4.90 Å². The zero-order chi connectivity index (χ0) is 17.3. The van der Waals surface area contributed by atoms with Crippen LogP contribution in [0.1, 0.15) is 51.5 Å². The van der Waals surface area contributed by atoms with Crippen molar-refractivity contribution in [2.24, 2.45) is 0 Å². The number of likely N-dealkylation sites (tertiary alicyclic amines) is 1. The largest absolute Gasteiger partial charge is 0.323 e. The van der Waals surface area contributed by atoms with Crippen LogP contribution in [0, 0.1) is 0 Å². The van der Waals surface area contributed by atoms with E-state index in [2.05, 4.69) is 13.8 Å². The molecule has 2 rings (SSSR count). The molecule has 1 fully saturated rings. The zero-order valence-electron chi connectivity index (χ0n) is 14.4. The summed E-state index contributed by atoms with van der Waals surface area (Å²) >= 11 is 0. The molecule has 1 nitrogen and oxygen atoms in total. The Bertz CT molecular complexity index is 420. The molecule has 1 aromatic carbocycles. The molecule has 140 valence electrons. The number of hydrogen-bond donors (Lipinski definition) is 0. The van der Waals surface area contributed by atoms with Gasteiger partial charge in [0, 0.05) is 6.54 Å². The summed E-state index contributed by atoms with van der Waals surface area (Å²) in [5.74, 6) is -7.83. The highest BCUT2D eigenvalue weighted by atomic mass is 35.5. The molecule has 0 atom stereocenters. The third kappa shape index (κ3) is 7.39. The van der Waals surface area contributed by atoms with Crippen molar-refractivity contribution in [2.75, 3.05) is 13.1 Å². The molecule has 0 spiro atoms. The second kappa shape index (κ2) is 10.9. The average Bonchev–Trinajstić information content (AvgIpc) is 2.68. The Balaban J connectivity index is 0.000000570. The molecule has 1 heterocycles. The topological polar surface area (TPSA) is 3.24 Å². The molecular weight excluding hydrogens is 342 g/mol. The molecule has 0 radical (unpaired) electrons. The SMILES string of the molecule is CCCCCCC.Cl.FC1(F)CN(Cc2ccccc2)CC1(F)F. The Kier molecular flexibility index (Phi) is 10.6. The lowest BCUT2D eigenvalue weighted by Crippen LogP contribution is -2.38. The molecule has 0 unspecified atom stereocenters. The fourth-order valence-electron chi connectivity index (χ4n) is 2.48. The predicted molar refractivity (Wildman–Crippen MR) is 93.3 cm³/mol. The first-order chi connectivity index (χ1) is 10.8. The summed E-state index contributed by atoms with van der Waals surface area (Å²) in [6.45, 7) is 2.86. The number of rotatable bonds is 6. The Labute approximate surface area is 148 Å². The van der Waals surface area contributed by atoms with Crippen molar-refractivity contribution in [2.45, 2.75) is 64.3 Å². The van der Waals surface area contributed by atoms with Crippen LogP contribution in [-0.2, 0) is 6.54 Å². The summed E-state index contributed by atoms with van der Waals surface area (Å²) in [5, 5.41) is 0. The van der Waals surface area contributed by atoms with Gasteiger partial charge in [-0.2, -0.15) is 17.6 Å². The minimum Gasteiger partial charge on any atom is -0.287 e. The van der Waals surface area contributed by atoms with Crippen molar-refractivity contribution >= 4 is 12.4 Å². The van der Waals surface area contributed by atoms with Crippen molar-refractivity contribution in [3.8, 4) is 0 Å². The van der Waals surface area contributed by atoms with Crippen LogP contribution >= 0.6 is 12.4 Å². The summed E-state index contributed by atoms with van der Waals surface area (Å²) < 4.78 is 51.5. The quantitative estimate of drug-likeness (QED) is 0.428. The number of benzene rings is 1. The van der Waals surface area contributed by atoms with E-state index >= 15 is 0 Å². The van der Waals surface area contributed by atoms with Gasteiger partial charge in [-0.1, -0.05) is 76.3 Å². The van der Waals surface area contributed by atoms with E-state index in [1.54, 1.807) is 30.3 Å². The van der Waals surface area contributed by atoms with Crippen LogP contribution in [0.4, 0.5) is 17.6 Å². The maximum absolute atomic E-state index is 12.9. The van der Waals surface area contributed by atoms with Gasteiger partial charge in [0.25, 0.3) is 0 Å². The van der Waals surface area contributed by atoms with Gasteiger partial charge in [0.05, 0.1) is 13.1 Å². The van der Waals surface area contributed by atoms with E-state index in [9.17, 15) is 17.6 Å². The highest BCUT2D eigenvalue weighted by molar-refractivity contribution is 5.85. The van der Waals surface area contributed by atoms with E-state index in [0.717, 1.165) is 10.5 Å². The summed E-state index contributed by atoms with van der Waals surface area (Å²) in [6, 6.07) is 8.75. The molecule has 1 aromatic rings. The van der Waals surface area contributed by atoms with Crippen molar-refractivity contribution in [1.29, 1.82) is 0 Å². The third-order valence-electron chi connectivity index (χ3n) is 3.84. The highest BCUT2D eigenvalue weighted by Crippen LogP contribution is 2.41. The van der Waals surface area contributed by atoms with E-state index in [4.69, 9.17) is 0 Å². The molecule has 1 aliphatic rings. The second-order valence-electron chi connectivity index (χ2n) is 6.10. The van der Waals surface area contributed by atoms with Crippen LogP contribution < -0.4 is 0 Å². The summed E-state index contributed by atoms with van der Waals surface area (Å²) in [5.41, 5.74) is 0.760. The second-order valence-corrected chi connectivity index (χ2v) is 6.10. The van der Waals surface area contributed by atoms with Gasteiger partial charge in [-0.15, -0.1) is 12.4 Å². The van der Waals surface area contributed by atoms with Gasteiger partial charge >= 0.3 is 11.8 Å². The molecule has 0 aromatic heterocycles. The molecule has 1 saturated heterocycles. The van der Waals surface area contributed by atoms with Crippen LogP contribution in [-0.4, -0.2) is 29.8 Å². The molecule has 0 N–H and O–H groups in total. The fraction of sp³-hybridized carbons (Fsp3) is 0.667. The smallest absolute Gasteiger partial charge is 0.287 e. The van der Waals surface area contributed by atoms with E-state index < -0.39 is 24.9 Å². The van der Waals surface area contributed by atoms with Gasteiger partial charge in [0.2, 0.25) is 0 Å². The first kappa shape index (κ1) is 23.2. The molecule has 1 aliphatic heterocycles. The highest BCUT2D eigenvalue weighted by Gasteiger charge is 2.62. The molecular formula is C18H28ClF4N. The molecule has 6 heteroatoms. The normalized spacial score (nSPS) is 18.4. The Hall–Kier alpha value is -0.810. The third-order valence-corrected chi connectivity index (χ3v) is 3.84. The molecule has 0 saturated carbocycles. The number of nitrogens with zero attached hydrogens (tertiary/aromatic N) is 1. The first-order valence-electron chi connectivity index (χ1n) is 8.34. The maximum Gasteiger partial charge on any atom is 0.323 e. The Morgan fingerprint density at radius 3 is 1.71 bits per heavy atom. The summed E-state index contributed by atoms with van der Waals surface area (Å²) in [6.07, 6.45) is 7.01. The van der Waals surface area contributed by atoms with E-state index in [1.807, 2.05) is 0 Å². The van der Waals surface area contributed by atoms with Gasteiger partial charge in [-0.25, -0.2) is 0 Å². The predicted octanol–water partition coefficient (Wildman–Crippen LogP) is 6.17. The van der Waals surface area contributed by atoms with Gasteiger partial charge in [-0.3, -0.25) is 4.90 Å². The number of halogens is 5. The Morgan fingerprint density at radius 1 is 0.833 bits per heavy atom. The standard InChI is InChI=1S/C11H11F4N.C7H16.ClH/c12-10(13)7-16(8-11(10,14)15)6-9-4-2-1-3-5-9;1-3-5-7-6-4-2;/h1-5H,6-8H2;3-7H2,1-2H3;1H. The first-order valence-corrected chi connectivity index (χ1v) is 8.34. The van der Waals surface area contributed by atoms with Gasteiger partial charge in [-0.05, 0) is 5.56 Å². The lowest BCUT2D eigenvalue weighted by Gasteiger charge is -2.15. The molecule has 0 amide bonds. The monoisotopic (exact) mass is 369 g/mol. The van der Waals surface area contributed by atoms with Crippen LogP contribution in [0.2, 0.25) is 0 Å². The van der Waals surface area contributed by atoms with E-state index in [0.29, 0.717) is 0 Å². The lowest BCUT2D eigenvalue weighted by molar-refractivity contribution is -0.172. The molecule has 0 bridgehead atoms. The van der Waals surface area contributed by atoms with Crippen molar-refractivity contribution in [3.05, 3.63) is 35.9 Å². The van der Waals surface area contributed by atoms with Gasteiger partial charge < -0.3 is 0 Å². The Morgan fingerprint density at radius 2 is 1.29 bits per heavy atom. The summed E-state index contributed by atoms with van der Waals surface area (Å²) in [4.78, 5) is 1.08. The number of alkyl halides is 4. The van der Waals surface area contributed by atoms with Crippen LogP contribution in [0.3, 0.4) is 0 Å². The molecule has 24 heavy (non-hydrogen) atoms. The van der Waals surface area contributed by atoms with Gasteiger partial charge in [0.15, 0.2) is 0 Å². The van der Waals surface area contributed by atoms with E-state index in [1.165, 1.54) is 32.1 Å². The average molecular weight is 370 g/mol. The lowest BCUT2D eigenvalue weighted by atomic mass is 10.2. The minimum absolute atomic E-state index is 0. The van der Waals surface area contributed by atoms with Crippen LogP contribution in [0.5, 0.6) is 0 Å². The van der Waals surface area contributed by atoms with Gasteiger partial charge in [0.1, 0.15) is 0 Å². The number of unbranched alkanes of at least 4 members (excludes halogenated alkanes) is 4. The zero-order valence-corrected chi connectivity index (χ0v) is 15.2. The number of hydrogen-bond acceptors (Lipinski definition) is 1. The minimum atomic E-state index is -3.91. The fourth-order valence-corrected chi connectivity index (χ4v) is 2.48. The van der Waals surface area contributed by atoms with Crippen molar-refractivity contribution in [3.63, 3.8) is 0 Å². The van der Waals surface area contributed by atoms with Crippen molar-refractivity contribution < 1.29 is 17.6 Å². The molecule has 0 aliphatic carbocycles. The summed E-state index contributed by atoms with van der Waals surface area (Å²) in [7, 11) is 0.